The van der Waals surface area contributed by atoms with E-state index < -0.39 is 0 Å². The van der Waals surface area contributed by atoms with Gasteiger partial charge in [0.1, 0.15) is 0 Å². The molecule has 7 heteroatoms. The molecule has 6 nitrogen and oxygen atoms in total. The number of rotatable bonds is 6. The van der Waals surface area contributed by atoms with Crippen LogP contribution in [0.5, 0.6) is 0 Å². The lowest BCUT2D eigenvalue weighted by Gasteiger charge is -2.34. The maximum absolute atomic E-state index is 13.0. The van der Waals surface area contributed by atoms with E-state index in [4.69, 9.17) is 11.6 Å². The predicted molar refractivity (Wildman–Crippen MR) is 136 cm³/mol. The van der Waals surface area contributed by atoms with Crippen molar-refractivity contribution in [3.63, 3.8) is 0 Å². The molecule has 2 aliphatic heterocycles. The first-order valence-corrected chi connectivity index (χ1v) is 12.7. The number of halogens is 1. The normalized spacial score (nSPS) is 19.4. The third-order valence-corrected chi connectivity index (χ3v) is 7.36. The molecule has 2 amide bonds. The topological polar surface area (TPSA) is 55.9 Å². The molecule has 2 heterocycles. The van der Waals surface area contributed by atoms with E-state index >= 15 is 0 Å². The number of carbonyl (C=O) groups excluding carboxylic acids is 2. The van der Waals surface area contributed by atoms with Crippen molar-refractivity contribution in [3.8, 4) is 0 Å². The van der Waals surface area contributed by atoms with E-state index in [0.717, 1.165) is 45.4 Å². The Labute approximate surface area is 207 Å². The lowest BCUT2D eigenvalue weighted by Crippen LogP contribution is -2.51. The molecule has 2 aromatic rings. The molecule has 1 unspecified atom stereocenters. The average molecular weight is 483 g/mol. The molecule has 0 spiro atoms. The van der Waals surface area contributed by atoms with Crippen LogP contribution in [0.2, 0.25) is 5.02 Å². The van der Waals surface area contributed by atoms with Gasteiger partial charge in [-0.3, -0.25) is 19.4 Å². The summed E-state index contributed by atoms with van der Waals surface area (Å²) in [6.45, 7) is 7.69. The van der Waals surface area contributed by atoms with E-state index in [0.29, 0.717) is 30.2 Å². The Morgan fingerprint density at radius 2 is 1.65 bits per heavy atom. The van der Waals surface area contributed by atoms with E-state index in [1.54, 1.807) is 12.1 Å². The van der Waals surface area contributed by atoms with Crippen molar-refractivity contribution in [1.82, 2.24) is 20.0 Å². The van der Waals surface area contributed by atoms with Crippen molar-refractivity contribution in [2.45, 2.75) is 44.8 Å². The number of piperidine rings is 1. The third kappa shape index (κ3) is 6.38. The summed E-state index contributed by atoms with van der Waals surface area (Å²) in [5, 5.41) is 3.77. The average Bonchev–Trinajstić information content (AvgIpc) is 3.12. The van der Waals surface area contributed by atoms with Crippen LogP contribution in [0.15, 0.2) is 54.6 Å². The van der Waals surface area contributed by atoms with Crippen LogP contribution >= 0.6 is 11.6 Å². The minimum atomic E-state index is -0.210. The zero-order valence-electron chi connectivity index (χ0n) is 20.0. The van der Waals surface area contributed by atoms with Gasteiger partial charge in [-0.25, -0.2) is 0 Å². The molecule has 1 N–H and O–H groups in total. The molecule has 0 saturated carbocycles. The van der Waals surface area contributed by atoms with Crippen LogP contribution in [0, 0.1) is 0 Å². The van der Waals surface area contributed by atoms with E-state index in [1.807, 2.05) is 30.0 Å². The summed E-state index contributed by atoms with van der Waals surface area (Å²) in [5.41, 5.74) is 1.88. The highest BCUT2D eigenvalue weighted by molar-refractivity contribution is 6.33. The third-order valence-electron chi connectivity index (χ3n) is 7.03. The quantitative estimate of drug-likeness (QED) is 0.682. The molecule has 34 heavy (non-hydrogen) atoms. The van der Waals surface area contributed by atoms with E-state index in [1.165, 1.54) is 5.56 Å². The highest BCUT2D eigenvalue weighted by Gasteiger charge is 2.28. The second-order valence-electron chi connectivity index (χ2n) is 9.38. The van der Waals surface area contributed by atoms with Crippen LogP contribution in [0.3, 0.4) is 0 Å². The van der Waals surface area contributed by atoms with Crippen LogP contribution in [0.1, 0.15) is 42.1 Å². The van der Waals surface area contributed by atoms with E-state index in [2.05, 4.69) is 39.4 Å². The van der Waals surface area contributed by atoms with Crippen LogP contribution in [-0.2, 0) is 11.3 Å². The molecule has 0 aliphatic carbocycles. The van der Waals surface area contributed by atoms with Crippen LogP contribution in [0.25, 0.3) is 0 Å². The molecular formula is C27H35ClN4O2. The molecule has 1 atom stereocenters. The van der Waals surface area contributed by atoms with Gasteiger partial charge >= 0.3 is 0 Å². The first-order chi connectivity index (χ1) is 16.5. The fraction of sp³-hybridized carbons (Fsp3) is 0.481. The van der Waals surface area contributed by atoms with Gasteiger partial charge in [-0.1, -0.05) is 54.1 Å². The lowest BCUT2D eigenvalue weighted by molar-refractivity contribution is -0.126. The highest BCUT2D eigenvalue weighted by atomic mass is 35.5. The van der Waals surface area contributed by atoms with E-state index in [9.17, 15) is 9.59 Å². The Kier molecular flexibility index (Phi) is 8.59. The van der Waals surface area contributed by atoms with Crippen molar-refractivity contribution in [3.05, 3.63) is 70.7 Å². The Bertz CT molecular complexity index is 962. The molecule has 4 rings (SSSR count). The number of hydrogen-bond acceptors (Lipinski definition) is 4. The summed E-state index contributed by atoms with van der Waals surface area (Å²) in [5.74, 6) is 0.0548. The lowest BCUT2D eigenvalue weighted by atomic mass is 10.0. The summed E-state index contributed by atoms with van der Waals surface area (Å²) in [4.78, 5) is 32.4. The predicted octanol–water partition coefficient (Wildman–Crippen LogP) is 3.66. The first-order valence-electron chi connectivity index (χ1n) is 12.4. The van der Waals surface area contributed by atoms with Crippen molar-refractivity contribution >= 4 is 23.4 Å². The van der Waals surface area contributed by atoms with Gasteiger partial charge in [-0.15, -0.1) is 0 Å². The van der Waals surface area contributed by atoms with Gasteiger partial charge in [0.15, 0.2) is 0 Å². The molecular weight excluding hydrogens is 448 g/mol. The van der Waals surface area contributed by atoms with Gasteiger partial charge < -0.3 is 10.2 Å². The van der Waals surface area contributed by atoms with E-state index in [-0.39, 0.29) is 23.9 Å². The smallest absolute Gasteiger partial charge is 0.255 e. The molecule has 0 aromatic heterocycles. The molecule has 2 saturated heterocycles. The Hall–Kier alpha value is -2.41. The second kappa shape index (κ2) is 11.8. The first kappa shape index (κ1) is 24.7. The maximum Gasteiger partial charge on any atom is 0.255 e. The summed E-state index contributed by atoms with van der Waals surface area (Å²) < 4.78 is 0. The standard InChI is InChI=1S/C27H35ClN4O2/c1-21(26(33)29-23-12-16-30(17-13-23)20-22-8-3-2-4-9-22)31-14-7-15-32(19-18-31)27(34)24-10-5-6-11-25(24)28/h2-6,8-11,21,23H,7,12-20H2,1H3,(H,29,33). The van der Waals surface area contributed by atoms with Gasteiger partial charge in [0.2, 0.25) is 5.91 Å². The summed E-state index contributed by atoms with van der Waals surface area (Å²) in [6, 6.07) is 17.7. The van der Waals surface area contributed by atoms with Gasteiger partial charge in [-0.2, -0.15) is 0 Å². The summed E-state index contributed by atoms with van der Waals surface area (Å²) in [6.07, 6.45) is 2.79. The molecule has 182 valence electrons. The van der Waals surface area contributed by atoms with Gasteiger partial charge in [0.25, 0.3) is 5.91 Å². The number of amides is 2. The summed E-state index contributed by atoms with van der Waals surface area (Å²) in [7, 11) is 0. The number of nitrogens with zero attached hydrogens (tertiary/aromatic N) is 3. The monoisotopic (exact) mass is 482 g/mol. The number of likely N-dealkylation sites (tertiary alicyclic amines) is 1. The minimum Gasteiger partial charge on any atom is -0.352 e. The van der Waals surface area contributed by atoms with Crippen LogP contribution in [0.4, 0.5) is 0 Å². The zero-order chi connectivity index (χ0) is 23.9. The zero-order valence-corrected chi connectivity index (χ0v) is 20.7. The number of carbonyl (C=O) groups is 2. The Morgan fingerprint density at radius 3 is 2.38 bits per heavy atom. The largest absolute Gasteiger partial charge is 0.352 e. The Morgan fingerprint density at radius 1 is 0.941 bits per heavy atom. The molecule has 0 radical (unpaired) electrons. The SMILES string of the molecule is CC(C(=O)NC1CCN(Cc2ccccc2)CC1)N1CCCN(C(=O)c2ccccc2Cl)CC1. The van der Waals surface area contributed by atoms with Crippen molar-refractivity contribution < 1.29 is 9.59 Å². The fourth-order valence-electron chi connectivity index (χ4n) is 4.90. The van der Waals surface area contributed by atoms with Crippen molar-refractivity contribution in [2.75, 3.05) is 39.3 Å². The minimum absolute atomic E-state index is 0.0354. The molecule has 2 fully saturated rings. The fourth-order valence-corrected chi connectivity index (χ4v) is 5.11. The number of benzene rings is 2. The maximum atomic E-state index is 13.0. The Balaban J connectivity index is 1.23. The van der Waals surface area contributed by atoms with Crippen molar-refractivity contribution in [1.29, 1.82) is 0 Å². The number of hydrogen-bond donors (Lipinski definition) is 1. The molecule has 2 aliphatic rings. The number of nitrogens with one attached hydrogen (secondary N) is 1. The summed E-state index contributed by atoms with van der Waals surface area (Å²) >= 11 is 6.23. The van der Waals surface area contributed by atoms with Crippen LogP contribution in [-0.4, -0.2) is 77.9 Å². The molecule has 2 aromatic carbocycles. The second-order valence-corrected chi connectivity index (χ2v) is 9.79. The molecule has 0 bridgehead atoms. The van der Waals surface area contributed by atoms with Crippen LogP contribution < -0.4 is 5.32 Å². The van der Waals surface area contributed by atoms with Crippen molar-refractivity contribution in [2.24, 2.45) is 0 Å². The van der Waals surface area contributed by atoms with Gasteiger partial charge in [-0.05, 0) is 43.9 Å². The van der Waals surface area contributed by atoms with Gasteiger partial charge in [0.05, 0.1) is 16.6 Å². The highest BCUT2D eigenvalue weighted by Crippen LogP contribution is 2.19. The van der Waals surface area contributed by atoms with Gasteiger partial charge in [0, 0.05) is 51.9 Å².